The molecule has 2 heterocycles. The van der Waals surface area contributed by atoms with Gasteiger partial charge in [0.2, 0.25) is 5.12 Å². The number of nitrogens with zero attached hydrogens (tertiary/aromatic N) is 1. The van der Waals surface area contributed by atoms with Gasteiger partial charge in [0, 0.05) is 18.8 Å². The minimum Gasteiger partial charge on any atom is -0.378 e. The summed E-state index contributed by atoms with van der Waals surface area (Å²) < 4.78 is 5.37. The Morgan fingerprint density at radius 2 is 2.14 bits per heavy atom. The summed E-state index contributed by atoms with van der Waals surface area (Å²) in [4.78, 5) is 14.2. The Bertz CT molecular complexity index is 582. The lowest BCUT2D eigenvalue weighted by Crippen LogP contribution is -2.36. The Balaban J connectivity index is 1.88. The number of rotatable bonds is 3. The summed E-state index contributed by atoms with van der Waals surface area (Å²) in [5, 5.41) is 4.27. The van der Waals surface area contributed by atoms with Crippen molar-refractivity contribution in [1.29, 1.82) is 0 Å². The first kappa shape index (κ1) is 14.4. The molecule has 2 aliphatic rings. The van der Waals surface area contributed by atoms with E-state index in [-0.39, 0.29) is 5.12 Å². The second-order valence-electron chi connectivity index (χ2n) is 5.21. The Kier molecular flexibility index (Phi) is 4.19. The van der Waals surface area contributed by atoms with Gasteiger partial charge in [-0.15, -0.1) is 0 Å². The van der Waals surface area contributed by atoms with Crippen LogP contribution in [0.2, 0.25) is 0 Å². The smallest absolute Gasteiger partial charge is 0.217 e. The van der Waals surface area contributed by atoms with E-state index < -0.39 is 6.04 Å². The summed E-state index contributed by atoms with van der Waals surface area (Å²) in [7, 11) is 0. The SMILES string of the molecule is Cc1cccc(NC2=C(N3CCOCC3)SC(=O)C2N)c1. The van der Waals surface area contributed by atoms with Crippen LogP contribution < -0.4 is 11.1 Å². The molecule has 1 aromatic rings. The fraction of sp³-hybridized carbons (Fsp3) is 0.400. The molecule has 1 saturated heterocycles. The monoisotopic (exact) mass is 305 g/mol. The molecule has 1 unspecified atom stereocenters. The van der Waals surface area contributed by atoms with Crippen LogP contribution in [0.15, 0.2) is 35.0 Å². The zero-order chi connectivity index (χ0) is 14.8. The van der Waals surface area contributed by atoms with Gasteiger partial charge in [-0.25, -0.2) is 0 Å². The highest BCUT2D eigenvalue weighted by molar-refractivity contribution is 8.17. The van der Waals surface area contributed by atoms with Crippen molar-refractivity contribution in [2.24, 2.45) is 5.73 Å². The minimum absolute atomic E-state index is 0.00774. The summed E-state index contributed by atoms with van der Waals surface area (Å²) in [6, 6.07) is 7.47. The van der Waals surface area contributed by atoms with E-state index in [1.54, 1.807) is 0 Å². The minimum atomic E-state index is -0.589. The molecule has 0 radical (unpaired) electrons. The van der Waals surface area contributed by atoms with Gasteiger partial charge in [-0.2, -0.15) is 0 Å². The largest absolute Gasteiger partial charge is 0.378 e. The van der Waals surface area contributed by atoms with Gasteiger partial charge < -0.3 is 20.7 Å². The van der Waals surface area contributed by atoms with Crippen LogP contribution in [-0.4, -0.2) is 42.4 Å². The number of carbonyl (C=O) groups excluding carboxylic acids is 1. The first-order valence-electron chi connectivity index (χ1n) is 7.03. The number of anilines is 1. The second-order valence-corrected chi connectivity index (χ2v) is 6.20. The van der Waals surface area contributed by atoms with Crippen molar-refractivity contribution in [3.8, 4) is 0 Å². The zero-order valence-corrected chi connectivity index (χ0v) is 12.8. The number of hydrogen-bond acceptors (Lipinski definition) is 6. The quantitative estimate of drug-likeness (QED) is 0.882. The van der Waals surface area contributed by atoms with Crippen molar-refractivity contribution < 1.29 is 9.53 Å². The molecule has 6 heteroatoms. The molecular weight excluding hydrogens is 286 g/mol. The molecule has 0 amide bonds. The fourth-order valence-electron chi connectivity index (χ4n) is 2.48. The van der Waals surface area contributed by atoms with E-state index in [2.05, 4.69) is 10.2 Å². The summed E-state index contributed by atoms with van der Waals surface area (Å²) in [5.41, 5.74) is 8.99. The van der Waals surface area contributed by atoms with Crippen LogP contribution in [0.5, 0.6) is 0 Å². The number of nitrogens with two attached hydrogens (primary N) is 1. The summed E-state index contributed by atoms with van der Waals surface area (Å²) >= 11 is 1.24. The third-order valence-corrected chi connectivity index (χ3v) is 4.71. The number of nitrogens with one attached hydrogen (secondary N) is 1. The highest BCUT2D eigenvalue weighted by atomic mass is 32.2. The van der Waals surface area contributed by atoms with Gasteiger partial charge in [-0.3, -0.25) is 4.79 Å². The maximum Gasteiger partial charge on any atom is 0.217 e. The number of carbonyl (C=O) groups is 1. The molecular formula is C15H19N3O2S. The summed E-state index contributed by atoms with van der Waals surface area (Å²) in [5.74, 6) is 0. The van der Waals surface area contributed by atoms with Crippen LogP contribution in [0.1, 0.15) is 5.56 Å². The Labute approximate surface area is 128 Å². The van der Waals surface area contributed by atoms with Crippen molar-refractivity contribution >= 4 is 22.6 Å². The van der Waals surface area contributed by atoms with E-state index in [9.17, 15) is 4.79 Å². The maximum atomic E-state index is 12.0. The van der Waals surface area contributed by atoms with Crippen LogP contribution >= 0.6 is 11.8 Å². The topological polar surface area (TPSA) is 67.6 Å². The molecule has 3 N–H and O–H groups in total. The molecule has 0 saturated carbocycles. The highest BCUT2D eigenvalue weighted by Gasteiger charge is 2.35. The van der Waals surface area contributed by atoms with Crippen molar-refractivity contribution in [3.05, 3.63) is 40.6 Å². The van der Waals surface area contributed by atoms with E-state index >= 15 is 0 Å². The number of benzene rings is 1. The van der Waals surface area contributed by atoms with Gasteiger partial charge >= 0.3 is 0 Å². The third-order valence-electron chi connectivity index (χ3n) is 3.59. The van der Waals surface area contributed by atoms with Crippen molar-refractivity contribution in [1.82, 2.24) is 4.90 Å². The predicted octanol–water partition coefficient (Wildman–Crippen LogP) is 1.51. The van der Waals surface area contributed by atoms with E-state index in [4.69, 9.17) is 10.5 Å². The Morgan fingerprint density at radius 1 is 1.38 bits per heavy atom. The molecule has 3 rings (SSSR count). The third kappa shape index (κ3) is 3.07. The average molecular weight is 305 g/mol. The van der Waals surface area contributed by atoms with Crippen LogP contribution in [0.3, 0.4) is 0 Å². The molecule has 112 valence electrons. The Morgan fingerprint density at radius 3 is 2.86 bits per heavy atom. The van der Waals surface area contributed by atoms with Crippen molar-refractivity contribution in [2.45, 2.75) is 13.0 Å². The maximum absolute atomic E-state index is 12.0. The van der Waals surface area contributed by atoms with Crippen LogP contribution in [0.4, 0.5) is 5.69 Å². The molecule has 0 spiro atoms. The van der Waals surface area contributed by atoms with Gasteiger partial charge in [0.25, 0.3) is 0 Å². The van der Waals surface area contributed by atoms with Gasteiger partial charge in [-0.05, 0) is 36.4 Å². The van der Waals surface area contributed by atoms with Gasteiger partial charge in [-0.1, -0.05) is 12.1 Å². The molecule has 1 fully saturated rings. The van der Waals surface area contributed by atoms with Gasteiger partial charge in [0.1, 0.15) is 11.1 Å². The predicted molar refractivity (Wildman–Crippen MR) is 84.8 cm³/mol. The lowest BCUT2D eigenvalue weighted by molar-refractivity contribution is -0.111. The van der Waals surface area contributed by atoms with E-state index in [1.165, 1.54) is 17.3 Å². The molecule has 5 nitrogen and oxygen atoms in total. The first-order chi connectivity index (χ1) is 10.1. The number of aryl methyl sites for hydroxylation is 1. The summed E-state index contributed by atoms with van der Waals surface area (Å²) in [6.07, 6.45) is 0. The molecule has 21 heavy (non-hydrogen) atoms. The van der Waals surface area contributed by atoms with E-state index in [1.807, 2.05) is 31.2 Å². The number of ether oxygens (including phenoxy) is 1. The fourth-order valence-corrected chi connectivity index (χ4v) is 3.51. The van der Waals surface area contributed by atoms with Crippen molar-refractivity contribution in [3.63, 3.8) is 0 Å². The number of morpholine rings is 1. The zero-order valence-electron chi connectivity index (χ0n) is 12.0. The standard InChI is InChI=1S/C15H19N3O2S/c1-10-3-2-4-11(9-10)17-13-12(16)15(19)21-14(13)18-5-7-20-8-6-18/h2-4,9,12,17H,5-8,16H2,1H3. The van der Waals surface area contributed by atoms with Crippen molar-refractivity contribution in [2.75, 3.05) is 31.6 Å². The Hall–Kier alpha value is -1.50. The van der Waals surface area contributed by atoms with Gasteiger partial charge in [0.15, 0.2) is 0 Å². The molecule has 0 bridgehead atoms. The molecule has 0 aromatic heterocycles. The first-order valence-corrected chi connectivity index (χ1v) is 7.84. The molecule has 1 atom stereocenters. The summed E-state index contributed by atoms with van der Waals surface area (Å²) in [6.45, 7) is 5.00. The number of thioether (sulfide) groups is 1. The lowest BCUT2D eigenvalue weighted by atomic mass is 10.2. The molecule has 1 aromatic carbocycles. The molecule has 2 aliphatic heterocycles. The lowest BCUT2D eigenvalue weighted by Gasteiger charge is -2.30. The molecule has 0 aliphatic carbocycles. The van der Waals surface area contributed by atoms with E-state index in [0.29, 0.717) is 13.2 Å². The number of hydrogen-bond donors (Lipinski definition) is 2. The normalized spacial score (nSPS) is 22.9. The van der Waals surface area contributed by atoms with Crippen LogP contribution in [0.25, 0.3) is 0 Å². The highest BCUT2D eigenvalue weighted by Crippen LogP contribution is 2.35. The van der Waals surface area contributed by atoms with E-state index in [0.717, 1.165) is 29.5 Å². The van der Waals surface area contributed by atoms with Gasteiger partial charge in [0.05, 0.1) is 18.9 Å². The average Bonchev–Trinajstić information content (AvgIpc) is 2.77. The van der Waals surface area contributed by atoms with Crippen LogP contribution in [-0.2, 0) is 9.53 Å². The second kappa shape index (κ2) is 6.09. The van der Waals surface area contributed by atoms with Crippen LogP contribution in [0, 0.1) is 6.92 Å².